The first-order chi connectivity index (χ1) is 18.6. The molecule has 0 aliphatic rings. The summed E-state index contributed by atoms with van der Waals surface area (Å²) in [6, 6.07) is 25.1. The molecule has 7 nitrogen and oxygen atoms in total. The van der Waals surface area contributed by atoms with Crippen molar-refractivity contribution in [3.05, 3.63) is 118 Å². The highest BCUT2D eigenvalue weighted by Gasteiger charge is 2.20. The van der Waals surface area contributed by atoms with Crippen LogP contribution in [0.3, 0.4) is 0 Å². The number of hydrogen-bond donors (Lipinski definition) is 2. The van der Waals surface area contributed by atoms with Crippen molar-refractivity contribution in [1.29, 1.82) is 0 Å². The van der Waals surface area contributed by atoms with E-state index < -0.39 is 15.9 Å². The molecule has 1 amide bonds. The molecule has 4 aromatic rings. The van der Waals surface area contributed by atoms with Crippen LogP contribution in [0.1, 0.15) is 21.5 Å². The Morgan fingerprint density at radius 2 is 1.59 bits per heavy atom. The van der Waals surface area contributed by atoms with Gasteiger partial charge in [-0.2, -0.15) is 0 Å². The lowest BCUT2D eigenvalue weighted by Gasteiger charge is -2.14. The van der Waals surface area contributed by atoms with Gasteiger partial charge in [0.15, 0.2) is 0 Å². The Morgan fingerprint density at radius 3 is 2.31 bits per heavy atom. The second-order valence-electron chi connectivity index (χ2n) is 9.04. The van der Waals surface area contributed by atoms with Gasteiger partial charge in [0.05, 0.1) is 21.2 Å². The van der Waals surface area contributed by atoms with Crippen LogP contribution >= 0.6 is 23.2 Å². The maximum atomic E-state index is 13.1. The zero-order chi connectivity index (χ0) is 28.0. The van der Waals surface area contributed by atoms with Crippen molar-refractivity contribution in [2.45, 2.75) is 18.0 Å². The zero-order valence-electron chi connectivity index (χ0n) is 21.3. The molecule has 0 aromatic heterocycles. The minimum Gasteiger partial charge on any atom is -0.456 e. The summed E-state index contributed by atoms with van der Waals surface area (Å²) in [5, 5.41) is 3.59. The zero-order valence-corrected chi connectivity index (χ0v) is 23.6. The van der Waals surface area contributed by atoms with Crippen molar-refractivity contribution in [2.24, 2.45) is 0 Å². The maximum absolute atomic E-state index is 13.1. The number of hydrogen-bond acceptors (Lipinski definition) is 5. The molecule has 10 heteroatoms. The van der Waals surface area contributed by atoms with Crippen LogP contribution < -0.4 is 14.8 Å². The van der Waals surface area contributed by atoms with Gasteiger partial charge in [-0.05, 0) is 79.8 Å². The van der Waals surface area contributed by atoms with Crippen molar-refractivity contribution in [3.63, 3.8) is 0 Å². The lowest BCUT2D eigenvalue weighted by molar-refractivity contribution is 0.0951. The Kier molecular flexibility index (Phi) is 9.14. The van der Waals surface area contributed by atoms with Gasteiger partial charge in [-0.1, -0.05) is 59.6 Å². The average molecular weight is 585 g/mol. The van der Waals surface area contributed by atoms with E-state index in [4.69, 9.17) is 27.9 Å². The number of rotatable bonds is 10. The summed E-state index contributed by atoms with van der Waals surface area (Å²) in [4.78, 5) is 15.1. The quantitative estimate of drug-likeness (QED) is 0.220. The Bertz CT molecular complexity index is 1580. The summed E-state index contributed by atoms with van der Waals surface area (Å²) in [5.74, 6) is 0.411. The van der Waals surface area contributed by atoms with Crippen molar-refractivity contribution < 1.29 is 17.9 Å². The Morgan fingerprint density at radius 1 is 0.872 bits per heavy atom. The van der Waals surface area contributed by atoms with Crippen molar-refractivity contribution in [1.82, 2.24) is 10.2 Å². The van der Waals surface area contributed by atoms with Crippen LogP contribution in [0.2, 0.25) is 10.0 Å². The number of carbonyl (C=O) groups is 1. The molecule has 0 fully saturated rings. The van der Waals surface area contributed by atoms with E-state index in [0.29, 0.717) is 21.5 Å². The summed E-state index contributed by atoms with van der Waals surface area (Å²) in [7, 11) is -0.0533. The summed E-state index contributed by atoms with van der Waals surface area (Å²) in [6.45, 7) is 1.04. The Hall–Kier alpha value is -3.56. The fraction of sp³-hybridized carbons (Fsp3) is 0.138. The van der Waals surface area contributed by atoms with Crippen molar-refractivity contribution >= 4 is 44.8 Å². The van der Waals surface area contributed by atoms with Gasteiger partial charge < -0.3 is 15.0 Å². The molecule has 0 bridgehead atoms. The lowest BCUT2D eigenvalue weighted by Crippen LogP contribution is -2.25. The Balaban J connectivity index is 1.48. The maximum Gasteiger partial charge on any atom is 0.261 e. The average Bonchev–Trinajstić information content (AvgIpc) is 2.90. The smallest absolute Gasteiger partial charge is 0.261 e. The van der Waals surface area contributed by atoms with Crippen LogP contribution in [0.4, 0.5) is 5.69 Å². The van der Waals surface area contributed by atoms with Crippen LogP contribution in [0, 0.1) is 0 Å². The van der Waals surface area contributed by atoms with Crippen molar-refractivity contribution in [3.8, 4) is 11.5 Å². The van der Waals surface area contributed by atoms with E-state index in [-0.39, 0.29) is 22.7 Å². The van der Waals surface area contributed by atoms with Crippen LogP contribution in [-0.2, 0) is 23.1 Å². The number of nitrogens with zero attached hydrogens (tertiary/aromatic N) is 1. The minimum absolute atomic E-state index is 0.00646. The van der Waals surface area contributed by atoms with Gasteiger partial charge in [0.1, 0.15) is 11.5 Å². The molecule has 0 aliphatic carbocycles. The molecule has 0 heterocycles. The van der Waals surface area contributed by atoms with E-state index in [1.807, 2.05) is 38.4 Å². The van der Waals surface area contributed by atoms with Gasteiger partial charge in [0.25, 0.3) is 15.9 Å². The summed E-state index contributed by atoms with van der Waals surface area (Å²) in [6.07, 6.45) is 0. The third-order valence-electron chi connectivity index (χ3n) is 5.61. The second kappa shape index (κ2) is 12.5. The van der Waals surface area contributed by atoms with Gasteiger partial charge >= 0.3 is 0 Å². The predicted octanol–water partition coefficient (Wildman–Crippen LogP) is 6.58. The molecule has 0 unspecified atom stereocenters. The fourth-order valence-electron chi connectivity index (χ4n) is 3.82. The summed E-state index contributed by atoms with van der Waals surface area (Å²) >= 11 is 12.3. The molecule has 4 rings (SSSR count). The molecule has 0 radical (unpaired) electrons. The Labute approximate surface area is 238 Å². The molecule has 4 aromatic carbocycles. The first-order valence-corrected chi connectivity index (χ1v) is 14.2. The van der Waals surface area contributed by atoms with Gasteiger partial charge in [0.2, 0.25) is 0 Å². The highest BCUT2D eigenvalue weighted by atomic mass is 35.5. The van der Waals surface area contributed by atoms with Crippen LogP contribution in [0.5, 0.6) is 11.5 Å². The van der Waals surface area contributed by atoms with Crippen LogP contribution in [-0.4, -0.2) is 33.3 Å². The summed E-state index contributed by atoms with van der Waals surface area (Å²) in [5.41, 5.74) is 2.25. The second-order valence-corrected chi connectivity index (χ2v) is 11.6. The normalized spacial score (nSPS) is 11.3. The first-order valence-electron chi connectivity index (χ1n) is 12.0. The van der Waals surface area contributed by atoms with Crippen molar-refractivity contribution in [2.75, 3.05) is 18.8 Å². The van der Waals surface area contributed by atoms with Gasteiger partial charge in [-0.25, -0.2) is 8.42 Å². The van der Waals surface area contributed by atoms with Gasteiger partial charge in [-0.15, -0.1) is 0 Å². The predicted molar refractivity (Wildman–Crippen MR) is 155 cm³/mol. The number of amides is 1. The largest absolute Gasteiger partial charge is 0.456 e. The third kappa shape index (κ3) is 7.74. The topological polar surface area (TPSA) is 87.7 Å². The number of carbonyl (C=O) groups excluding carboxylic acids is 1. The van der Waals surface area contributed by atoms with E-state index in [0.717, 1.165) is 17.7 Å². The van der Waals surface area contributed by atoms with Gasteiger partial charge in [0, 0.05) is 18.1 Å². The third-order valence-corrected chi connectivity index (χ3v) is 7.54. The standard InChI is InChI=1S/C29H27Cl2N3O4S/c1-34(2)19-21-7-5-6-20(16-21)18-32-29(35)25-17-22(30)10-15-27(25)33-39(36,37)24-13-11-23(12-14-24)38-28-9-4-3-8-26(28)31/h3-17,33H,18-19H2,1-2H3,(H,32,35). The number of ether oxygens (including phenoxy) is 1. The molecule has 2 N–H and O–H groups in total. The molecular formula is C29H27Cl2N3O4S. The SMILES string of the molecule is CN(C)Cc1cccc(CNC(=O)c2cc(Cl)ccc2NS(=O)(=O)c2ccc(Oc3ccccc3Cl)cc2)c1. The fourth-order valence-corrected chi connectivity index (χ4v) is 5.25. The number of benzene rings is 4. The van der Waals surface area contributed by atoms with E-state index in [2.05, 4.69) is 14.9 Å². The molecule has 0 atom stereocenters. The molecule has 0 saturated carbocycles. The van der Waals surface area contributed by atoms with E-state index in [9.17, 15) is 13.2 Å². The number of sulfonamides is 1. The number of para-hydroxylation sites is 1. The highest BCUT2D eigenvalue weighted by molar-refractivity contribution is 7.92. The molecule has 202 valence electrons. The van der Waals surface area contributed by atoms with Crippen LogP contribution in [0.25, 0.3) is 0 Å². The van der Waals surface area contributed by atoms with Crippen LogP contribution in [0.15, 0.2) is 95.9 Å². The van der Waals surface area contributed by atoms with E-state index >= 15 is 0 Å². The number of halogens is 2. The molecule has 0 aliphatic heterocycles. The van der Waals surface area contributed by atoms with E-state index in [1.54, 1.807) is 24.3 Å². The lowest BCUT2D eigenvalue weighted by atomic mass is 10.1. The molecular weight excluding hydrogens is 557 g/mol. The molecule has 0 spiro atoms. The highest BCUT2D eigenvalue weighted by Crippen LogP contribution is 2.30. The van der Waals surface area contributed by atoms with Gasteiger partial charge in [-0.3, -0.25) is 9.52 Å². The molecule has 0 saturated heterocycles. The van der Waals surface area contributed by atoms with E-state index in [1.165, 1.54) is 42.5 Å². The minimum atomic E-state index is -4.02. The monoisotopic (exact) mass is 583 g/mol. The summed E-state index contributed by atoms with van der Waals surface area (Å²) < 4.78 is 34.5. The molecule has 39 heavy (non-hydrogen) atoms. The first kappa shape index (κ1) is 28.4. The number of nitrogens with one attached hydrogen (secondary N) is 2. The number of anilines is 1.